The number of rotatable bonds is 8. The molecule has 0 aliphatic carbocycles. The van der Waals surface area contributed by atoms with Crippen LogP contribution in [0.2, 0.25) is 0 Å². The van der Waals surface area contributed by atoms with Gasteiger partial charge in [-0.3, -0.25) is 9.69 Å². The highest BCUT2D eigenvalue weighted by Gasteiger charge is 2.52. The summed E-state index contributed by atoms with van der Waals surface area (Å²) in [7, 11) is 0. The number of ether oxygens (including phenoxy) is 1. The van der Waals surface area contributed by atoms with Crippen molar-refractivity contribution in [3.05, 3.63) is 90.0 Å². The van der Waals surface area contributed by atoms with E-state index in [1.54, 1.807) is 48.5 Å². The Bertz CT molecular complexity index is 1150. The van der Waals surface area contributed by atoms with Gasteiger partial charge in [-0.2, -0.15) is 0 Å². The number of nitrogens with zero attached hydrogens (tertiary/aromatic N) is 1. The summed E-state index contributed by atoms with van der Waals surface area (Å²) in [4.78, 5) is 27.8. The number of benzene rings is 3. The van der Waals surface area contributed by atoms with Crippen LogP contribution in [-0.4, -0.2) is 29.7 Å². The molecule has 1 heterocycles. The van der Waals surface area contributed by atoms with Gasteiger partial charge in [0, 0.05) is 17.3 Å². The lowest BCUT2D eigenvalue weighted by Crippen LogP contribution is -2.63. The summed E-state index contributed by atoms with van der Waals surface area (Å²) in [5, 5.41) is 17.6. The quantitative estimate of drug-likeness (QED) is 0.465. The maximum atomic E-state index is 13.6. The van der Waals surface area contributed by atoms with E-state index in [4.69, 9.17) is 4.74 Å². The van der Waals surface area contributed by atoms with E-state index in [1.165, 1.54) is 5.56 Å². The van der Waals surface area contributed by atoms with Crippen LogP contribution in [0.15, 0.2) is 78.9 Å². The summed E-state index contributed by atoms with van der Waals surface area (Å²) < 4.78 is 5.49. The number of aryl methyl sites for hydroxylation is 1. The van der Waals surface area contributed by atoms with Gasteiger partial charge in [0.1, 0.15) is 5.75 Å². The molecule has 1 aliphatic heterocycles. The molecule has 0 unspecified atom stereocenters. The van der Waals surface area contributed by atoms with Gasteiger partial charge in [-0.15, -0.1) is 0 Å². The Labute approximate surface area is 199 Å². The standard InChI is InChI=1S/C27H29N3O4/c1-3-34-22-17-15-21(16-18-22)30-26(32)29-24-12-8-7-11-23(24)27(30,33)25(31)28-19(2)13-14-20-9-5-4-6-10-20/h4-12,15-19,33H,3,13-14H2,1-2H3,(H,28,31)(H,29,32)/t19-,27+/m0/s1. The molecule has 0 aromatic heterocycles. The Morgan fingerprint density at radius 3 is 2.44 bits per heavy atom. The summed E-state index contributed by atoms with van der Waals surface area (Å²) in [6.45, 7) is 4.27. The summed E-state index contributed by atoms with van der Waals surface area (Å²) >= 11 is 0. The van der Waals surface area contributed by atoms with Crippen molar-refractivity contribution in [2.45, 2.75) is 38.5 Å². The van der Waals surface area contributed by atoms with Crippen molar-refractivity contribution in [2.24, 2.45) is 0 Å². The fourth-order valence-electron chi connectivity index (χ4n) is 4.15. The Morgan fingerprint density at radius 2 is 1.74 bits per heavy atom. The molecule has 3 amide bonds. The molecule has 1 aliphatic rings. The smallest absolute Gasteiger partial charge is 0.329 e. The molecule has 34 heavy (non-hydrogen) atoms. The van der Waals surface area contributed by atoms with Crippen molar-refractivity contribution in [1.82, 2.24) is 5.32 Å². The van der Waals surface area contributed by atoms with Crippen LogP contribution in [-0.2, 0) is 16.9 Å². The molecule has 4 rings (SSSR count). The first-order chi connectivity index (χ1) is 16.4. The zero-order valence-corrected chi connectivity index (χ0v) is 19.3. The zero-order valence-electron chi connectivity index (χ0n) is 19.3. The van der Waals surface area contributed by atoms with Crippen LogP contribution in [0.25, 0.3) is 0 Å². The molecule has 3 aromatic carbocycles. The molecule has 3 aromatic rings. The second kappa shape index (κ2) is 9.97. The lowest BCUT2D eigenvalue weighted by atomic mass is 9.94. The van der Waals surface area contributed by atoms with Crippen LogP contribution < -0.4 is 20.3 Å². The summed E-state index contributed by atoms with van der Waals surface area (Å²) in [6, 6.07) is 22.7. The highest BCUT2D eigenvalue weighted by molar-refractivity contribution is 6.11. The number of amides is 3. The number of para-hydroxylation sites is 1. The van der Waals surface area contributed by atoms with Gasteiger partial charge in [-0.05, 0) is 62.6 Å². The van der Waals surface area contributed by atoms with Crippen LogP contribution in [0.4, 0.5) is 16.2 Å². The predicted octanol–water partition coefficient (Wildman–Crippen LogP) is 4.42. The van der Waals surface area contributed by atoms with Crippen molar-refractivity contribution >= 4 is 23.3 Å². The first-order valence-corrected chi connectivity index (χ1v) is 11.4. The number of nitrogens with one attached hydrogen (secondary N) is 2. The number of hydrogen-bond donors (Lipinski definition) is 3. The van der Waals surface area contributed by atoms with Gasteiger partial charge in [0.15, 0.2) is 0 Å². The zero-order chi connectivity index (χ0) is 24.1. The fourth-order valence-corrected chi connectivity index (χ4v) is 4.15. The predicted molar refractivity (Wildman–Crippen MR) is 132 cm³/mol. The lowest BCUT2D eigenvalue weighted by molar-refractivity contribution is -0.141. The molecule has 3 N–H and O–H groups in total. The van der Waals surface area contributed by atoms with Crippen molar-refractivity contribution in [3.8, 4) is 5.75 Å². The maximum absolute atomic E-state index is 13.6. The van der Waals surface area contributed by atoms with E-state index in [9.17, 15) is 14.7 Å². The van der Waals surface area contributed by atoms with E-state index in [2.05, 4.69) is 10.6 Å². The second-order valence-electron chi connectivity index (χ2n) is 8.31. The summed E-state index contributed by atoms with van der Waals surface area (Å²) in [6.07, 6.45) is 1.46. The molecular formula is C27H29N3O4. The average Bonchev–Trinajstić information content (AvgIpc) is 2.84. The lowest BCUT2D eigenvalue weighted by Gasteiger charge is -2.43. The van der Waals surface area contributed by atoms with Crippen molar-refractivity contribution < 1.29 is 19.4 Å². The molecule has 0 bridgehead atoms. The van der Waals surface area contributed by atoms with Gasteiger partial charge in [0.25, 0.3) is 11.6 Å². The molecule has 0 saturated carbocycles. The molecule has 7 nitrogen and oxygen atoms in total. The van der Waals surface area contributed by atoms with Gasteiger partial charge in [0.2, 0.25) is 0 Å². The number of aliphatic hydroxyl groups is 1. The van der Waals surface area contributed by atoms with E-state index in [-0.39, 0.29) is 6.04 Å². The van der Waals surface area contributed by atoms with Crippen LogP contribution in [0, 0.1) is 0 Å². The van der Waals surface area contributed by atoms with Gasteiger partial charge >= 0.3 is 6.03 Å². The minimum Gasteiger partial charge on any atom is -0.494 e. The monoisotopic (exact) mass is 459 g/mol. The maximum Gasteiger partial charge on any atom is 0.329 e. The van der Waals surface area contributed by atoms with Crippen molar-refractivity contribution in [3.63, 3.8) is 0 Å². The molecule has 2 atom stereocenters. The first kappa shape index (κ1) is 23.3. The molecule has 0 radical (unpaired) electrons. The molecule has 7 heteroatoms. The number of anilines is 2. The third-order valence-corrected chi connectivity index (χ3v) is 5.88. The molecule has 0 fully saturated rings. The third kappa shape index (κ3) is 4.61. The fraction of sp³-hybridized carbons (Fsp3) is 0.259. The van der Waals surface area contributed by atoms with E-state index >= 15 is 0 Å². The number of fused-ring (bicyclic) bond motifs is 1. The van der Waals surface area contributed by atoms with E-state index in [1.807, 2.05) is 44.2 Å². The summed E-state index contributed by atoms with van der Waals surface area (Å²) in [5.41, 5.74) is -0.00107. The molecular weight excluding hydrogens is 430 g/mol. The van der Waals surface area contributed by atoms with Crippen molar-refractivity contribution in [1.29, 1.82) is 0 Å². The Kier molecular flexibility index (Phi) is 6.84. The number of carbonyl (C=O) groups is 2. The van der Waals surface area contributed by atoms with Crippen molar-refractivity contribution in [2.75, 3.05) is 16.8 Å². The van der Waals surface area contributed by atoms with Gasteiger partial charge in [-0.1, -0.05) is 48.5 Å². The number of carbonyl (C=O) groups excluding carboxylic acids is 2. The van der Waals surface area contributed by atoms with Gasteiger partial charge in [0.05, 0.1) is 12.3 Å². The SMILES string of the molecule is CCOc1ccc(N2C(=O)Nc3ccccc3[C@@]2(O)C(=O)N[C@@H](C)CCc2ccccc2)cc1. The minimum atomic E-state index is -2.23. The molecule has 0 saturated heterocycles. The van der Waals surface area contributed by atoms with Crippen LogP contribution in [0.5, 0.6) is 5.75 Å². The third-order valence-electron chi connectivity index (χ3n) is 5.88. The number of urea groups is 1. The Morgan fingerprint density at radius 1 is 1.06 bits per heavy atom. The van der Waals surface area contributed by atoms with Gasteiger partial charge in [-0.25, -0.2) is 4.79 Å². The Balaban J connectivity index is 1.63. The highest BCUT2D eigenvalue weighted by Crippen LogP contribution is 2.40. The number of hydrogen-bond acceptors (Lipinski definition) is 4. The topological polar surface area (TPSA) is 90.9 Å². The van der Waals surface area contributed by atoms with Crippen LogP contribution >= 0.6 is 0 Å². The van der Waals surface area contributed by atoms with E-state index < -0.39 is 17.7 Å². The summed E-state index contributed by atoms with van der Waals surface area (Å²) in [5.74, 6) is -0.0316. The van der Waals surface area contributed by atoms with E-state index in [0.29, 0.717) is 35.7 Å². The Hall–Kier alpha value is -3.84. The van der Waals surface area contributed by atoms with E-state index in [0.717, 1.165) is 11.3 Å². The van der Waals surface area contributed by atoms with Gasteiger partial charge < -0.3 is 20.5 Å². The average molecular weight is 460 g/mol. The highest BCUT2D eigenvalue weighted by atomic mass is 16.5. The van der Waals surface area contributed by atoms with Crippen LogP contribution in [0.3, 0.4) is 0 Å². The second-order valence-corrected chi connectivity index (χ2v) is 8.31. The molecule has 176 valence electrons. The van der Waals surface area contributed by atoms with Crippen LogP contribution in [0.1, 0.15) is 31.4 Å². The minimum absolute atomic E-state index is 0.226. The first-order valence-electron chi connectivity index (χ1n) is 11.4. The molecule has 0 spiro atoms. The normalized spacial score (nSPS) is 18.0. The largest absolute Gasteiger partial charge is 0.494 e.